The van der Waals surface area contributed by atoms with E-state index < -0.39 is 28.9 Å². The second-order valence-corrected chi connectivity index (χ2v) is 9.34. The van der Waals surface area contributed by atoms with E-state index in [1.165, 1.54) is 17.7 Å². The minimum Gasteiger partial charge on any atom is -0.507 e. The molecule has 1 aliphatic rings. The van der Waals surface area contributed by atoms with Crippen molar-refractivity contribution in [3.8, 4) is 11.5 Å². The van der Waals surface area contributed by atoms with Gasteiger partial charge in [-0.2, -0.15) is 0 Å². The molecule has 2 N–H and O–H groups in total. The molecule has 7 nitrogen and oxygen atoms in total. The minimum absolute atomic E-state index is 0.0853. The lowest BCUT2D eigenvalue weighted by Crippen LogP contribution is -2.39. The maximum atomic E-state index is 15.0. The highest BCUT2D eigenvalue weighted by molar-refractivity contribution is 6.32. The number of anilines is 1. The summed E-state index contributed by atoms with van der Waals surface area (Å²) in [6, 6.07) is 15.0. The fraction of sp³-hybridized carbons (Fsp3) is 0.333. The minimum atomic E-state index is -0.839. The van der Waals surface area contributed by atoms with Crippen LogP contribution in [-0.2, 0) is 6.54 Å². The van der Waals surface area contributed by atoms with Crippen LogP contribution in [0.4, 0.5) is 10.1 Å². The van der Waals surface area contributed by atoms with Gasteiger partial charge in [-0.15, -0.1) is 0 Å². The number of rotatable bonds is 9. The Kier molecular flexibility index (Phi) is 9.61. The largest absolute Gasteiger partial charge is 0.507 e. The quantitative estimate of drug-likeness (QED) is 0.313. The molecule has 8 heteroatoms. The number of aromatic hydroxyl groups is 2. The molecule has 3 aromatic carbocycles. The topological polar surface area (TPSA) is 84.3 Å². The molecule has 0 heterocycles. The van der Waals surface area contributed by atoms with Gasteiger partial charge in [0.05, 0.1) is 22.3 Å². The first-order valence-electron chi connectivity index (χ1n) is 12.8. The Balaban J connectivity index is 0.00000195. The molecule has 38 heavy (non-hydrogen) atoms. The number of fused-ring (bicyclic) bond motifs is 2. The first-order chi connectivity index (χ1) is 18.2. The van der Waals surface area contributed by atoms with Crippen molar-refractivity contribution >= 4 is 17.3 Å². The van der Waals surface area contributed by atoms with E-state index in [9.17, 15) is 24.2 Å². The van der Waals surface area contributed by atoms with Crippen LogP contribution in [0.5, 0.6) is 11.5 Å². The zero-order valence-electron chi connectivity index (χ0n) is 22.7. The first-order valence-corrected chi connectivity index (χ1v) is 12.8. The number of carbonyl (C=O) groups excluding carboxylic acids is 2. The average Bonchev–Trinajstić information content (AvgIpc) is 2.90. The van der Waals surface area contributed by atoms with Crippen molar-refractivity contribution in [1.29, 1.82) is 0 Å². The van der Waals surface area contributed by atoms with Crippen molar-refractivity contribution in [2.75, 3.05) is 52.2 Å². The van der Waals surface area contributed by atoms with Crippen LogP contribution in [0.2, 0.25) is 0 Å². The number of phenolic OH excluding ortho intramolecular Hbond substituents is 2. The van der Waals surface area contributed by atoms with Gasteiger partial charge in [0.25, 0.3) is 0 Å². The smallest absolute Gasteiger partial charge is 0.201 e. The summed E-state index contributed by atoms with van der Waals surface area (Å²) in [6.07, 6.45) is 0. The van der Waals surface area contributed by atoms with Gasteiger partial charge in [-0.3, -0.25) is 9.59 Å². The van der Waals surface area contributed by atoms with Crippen molar-refractivity contribution < 1.29 is 24.2 Å². The summed E-state index contributed by atoms with van der Waals surface area (Å²) in [6.45, 7) is 7.11. The lowest BCUT2D eigenvalue weighted by atomic mass is 9.81. The molecule has 0 saturated heterocycles. The molecular formula is C30H36FN3O4. The van der Waals surface area contributed by atoms with Gasteiger partial charge in [0.15, 0.2) is 0 Å². The van der Waals surface area contributed by atoms with Gasteiger partial charge in [0.2, 0.25) is 11.6 Å². The molecular weight excluding hydrogens is 485 g/mol. The van der Waals surface area contributed by atoms with Crippen molar-refractivity contribution in [1.82, 2.24) is 9.80 Å². The van der Waals surface area contributed by atoms with Crippen LogP contribution < -0.4 is 4.90 Å². The molecule has 0 atom stereocenters. The predicted octanol–water partition coefficient (Wildman–Crippen LogP) is 4.54. The molecule has 0 bridgehead atoms. The Morgan fingerprint density at radius 1 is 0.684 bits per heavy atom. The molecule has 0 aromatic heterocycles. The van der Waals surface area contributed by atoms with Crippen LogP contribution >= 0.6 is 0 Å². The molecule has 0 aliphatic heterocycles. The maximum absolute atomic E-state index is 15.0. The molecule has 0 spiro atoms. The van der Waals surface area contributed by atoms with E-state index in [2.05, 4.69) is 17.0 Å². The number of halogens is 1. The van der Waals surface area contributed by atoms with Gasteiger partial charge in [-0.25, -0.2) is 4.39 Å². The molecule has 0 unspecified atom stereocenters. The van der Waals surface area contributed by atoms with Gasteiger partial charge in [0, 0.05) is 38.4 Å². The third-order valence-corrected chi connectivity index (χ3v) is 6.41. The van der Waals surface area contributed by atoms with E-state index in [1.54, 1.807) is 0 Å². The normalized spacial score (nSPS) is 12.2. The van der Waals surface area contributed by atoms with E-state index in [4.69, 9.17) is 0 Å². The van der Waals surface area contributed by atoms with Crippen LogP contribution in [-0.4, -0.2) is 78.9 Å². The van der Waals surface area contributed by atoms with Crippen LogP contribution in [0.3, 0.4) is 0 Å². The van der Waals surface area contributed by atoms with Crippen molar-refractivity contribution in [2.45, 2.75) is 20.4 Å². The lowest BCUT2D eigenvalue weighted by Gasteiger charge is -2.32. The molecule has 0 fully saturated rings. The Hall–Kier alpha value is -3.75. The summed E-state index contributed by atoms with van der Waals surface area (Å²) >= 11 is 0. The lowest BCUT2D eigenvalue weighted by molar-refractivity contribution is 0.0971. The van der Waals surface area contributed by atoms with Crippen molar-refractivity contribution in [3.63, 3.8) is 0 Å². The average molecular weight is 522 g/mol. The van der Waals surface area contributed by atoms with Gasteiger partial charge in [0.1, 0.15) is 17.3 Å². The zero-order chi connectivity index (χ0) is 28.0. The van der Waals surface area contributed by atoms with Crippen molar-refractivity contribution in [2.24, 2.45) is 0 Å². The summed E-state index contributed by atoms with van der Waals surface area (Å²) in [4.78, 5) is 33.0. The van der Waals surface area contributed by atoms with E-state index in [0.717, 1.165) is 18.7 Å². The van der Waals surface area contributed by atoms with E-state index in [1.807, 2.05) is 63.0 Å². The SMILES string of the molecule is CC.CN(C)CCN(CCN(C)Cc1ccccc1)c1ccc(F)c2c1C(=O)c1c(O)ccc(O)c1C2=O. The zero-order valence-corrected chi connectivity index (χ0v) is 22.7. The van der Waals surface area contributed by atoms with Gasteiger partial charge < -0.3 is 24.9 Å². The van der Waals surface area contributed by atoms with Gasteiger partial charge in [-0.05, 0) is 51.0 Å². The predicted molar refractivity (Wildman–Crippen MR) is 148 cm³/mol. The molecule has 0 saturated carbocycles. The first kappa shape index (κ1) is 28.8. The molecule has 3 aromatic rings. The Morgan fingerprint density at radius 2 is 1.24 bits per heavy atom. The van der Waals surface area contributed by atoms with Crippen LogP contribution in [0.15, 0.2) is 54.6 Å². The molecule has 1 aliphatic carbocycles. The fourth-order valence-electron chi connectivity index (χ4n) is 4.51. The number of carbonyl (C=O) groups is 2. The highest BCUT2D eigenvalue weighted by atomic mass is 19.1. The van der Waals surface area contributed by atoms with Gasteiger partial charge in [-0.1, -0.05) is 44.2 Å². The fourth-order valence-corrected chi connectivity index (χ4v) is 4.51. The monoisotopic (exact) mass is 521 g/mol. The molecule has 202 valence electrons. The highest BCUT2D eigenvalue weighted by Crippen LogP contribution is 2.41. The molecule has 0 amide bonds. The highest BCUT2D eigenvalue weighted by Gasteiger charge is 2.39. The summed E-state index contributed by atoms with van der Waals surface area (Å²) in [5, 5.41) is 20.6. The number of ketones is 2. The molecule has 4 rings (SSSR count). The summed E-state index contributed by atoms with van der Waals surface area (Å²) in [7, 11) is 5.88. The number of phenols is 2. The Morgan fingerprint density at radius 3 is 1.82 bits per heavy atom. The number of benzene rings is 3. The number of nitrogens with zero attached hydrogens (tertiary/aromatic N) is 3. The van der Waals surface area contributed by atoms with Gasteiger partial charge >= 0.3 is 0 Å². The summed E-state index contributed by atoms with van der Waals surface area (Å²) < 4.78 is 15.0. The second kappa shape index (κ2) is 12.7. The molecule has 0 radical (unpaired) electrons. The standard InChI is InChI=1S/C28H30FN3O4.C2H6/c1-30(2)13-15-32(16-14-31(3)17-18-7-5-4-6-8-18)20-10-9-19(29)23-24(20)28(36)26-22(34)12-11-21(33)25(26)27(23)35;1-2/h4-12,33-34H,13-17H2,1-3H3;1-2H3. The third kappa shape index (κ3) is 6.03. The van der Waals surface area contributed by atoms with Crippen molar-refractivity contribution in [3.05, 3.63) is 88.2 Å². The van der Waals surface area contributed by atoms with E-state index in [0.29, 0.717) is 31.9 Å². The number of hydrogen-bond donors (Lipinski definition) is 2. The van der Waals surface area contributed by atoms with E-state index in [-0.39, 0.29) is 22.3 Å². The Bertz CT molecular complexity index is 1290. The second-order valence-electron chi connectivity index (χ2n) is 9.34. The summed E-state index contributed by atoms with van der Waals surface area (Å²) in [5.74, 6) is -3.24. The maximum Gasteiger partial charge on any atom is 0.201 e. The third-order valence-electron chi connectivity index (χ3n) is 6.41. The van der Waals surface area contributed by atoms with Crippen LogP contribution in [0, 0.1) is 5.82 Å². The van der Waals surface area contributed by atoms with E-state index >= 15 is 0 Å². The number of hydrogen-bond acceptors (Lipinski definition) is 7. The Labute approximate surface area is 223 Å². The summed E-state index contributed by atoms with van der Waals surface area (Å²) in [5.41, 5.74) is 0.468. The van der Waals surface area contributed by atoms with Crippen LogP contribution in [0.25, 0.3) is 0 Å². The van der Waals surface area contributed by atoms with Crippen LogP contribution in [0.1, 0.15) is 51.3 Å². The number of likely N-dealkylation sites (N-methyl/N-ethyl adjacent to an activating group) is 2.